The van der Waals surface area contributed by atoms with E-state index in [-0.39, 0.29) is 6.10 Å². The van der Waals surface area contributed by atoms with E-state index in [0.717, 1.165) is 39.0 Å². The zero-order chi connectivity index (χ0) is 14.4. The molecule has 2 atom stereocenters. The predicted molar refractivity (Wildman–Crippen MR) is 75.3 cm³/mol. The second kappa shape index (κ2) is 7.59. The number of likely N-dealkylation sites (tertiary alicyclic amines) is 1. The van der Waals surface area contributed by atoms with Crippen molar-refractivity contribution in [2.75, 3.05) is 32.8 Å². The van der Waals surface area contributed by atoms with Crippen LogP contribution in [0.1, 0.15) is 32.6 Å². The second-order valence-electron chi connectivity index (χ2n) is 5.48. The molecule has 0 spiro atoms. The van der Waals surface area contributed by atoms with E-state index in [4.69, 9.17) is 4.74 Å². The van der Waals surface area contributed by atoms with Gasteiger partial charge in [-0.3, -0.25) is 14.5 Å². The van der Waals surface area contributed by atoms with Gasteiger partial charge in [0.1, 0.15) is 0 Å². The van der Waals surface area contributed by atoms with Gasteiger partial charge in [0.05, 0.1) is 6.10 Å². The van der Waals surface area contributed by atoms with Gasteiger partial charge in [-0.25, -0.2) is 0 Å². The van der Waals surface area contributed by atoms with Crippen molar-refractivity contribution in [3.05, 3.63) is 0 Å². The molecule has 114 valence electrons. The molecule has 2 saturated heterocycles. The van der Waals surface area contributed by atoms with Crippen LogP contribution in [0.4, 0.5) is 0 Å². The van der Waals surface area contributed by atoms with Gasteiger partial charge in [0.25, 0.3) is 0 Å². The van der Waals surface area contributed by atoms with E-state index >= 15 is 0 Å². The Morgan fingerprint density at radius 2 is 1.90 bits per heavy atom. The molecule has 0 saturated carbocycles. The second-order valence-corrected chi connectivity index (χ2v) is 5.48. The summed E-state index contributed by atoms with van der Waals surface area (Å²) in [5.41, 5.74) is 0. The first kappa shape index (κ1) is 15.3. The summed E-state index contributed by atoms with van der Waals surface area (Å²) in [7, 11) is 0. The van der Waals surface area contributed by atoms with Gasteiger partial charge in [0.2, 0.25) is 0 Å². The van der Waals surface area contributed by atoms with Crippen molar-refractivity contribution < 1.29 is 14.3 Å². The van der Waals surface area contributed by atoms with E-state index in [9.17, 15) is 9.59 Å². The van der Waals surface area contributed by atoms with Gasteiger partial charge in [0.15, 0.2) is 0 Å². The lowest BCUT2D eigenvalue weighted by molar-refractivity contribution is -0.139. The molecule has 2 aliphatic heterocycles. The highest BCUT2D eigenvalue weighted by molar-refractivity contribution is 6.35. The summed E-state index contributed by atoms with van der Waals surface area (Å²) in [5.74, 6) is -1.09. The van der Waals surface area contributed by atoms with E-state index in [1.165, 1.54) is 6.42 Å². The molecule has 2 fully saturated rings. The quantitative estimate of drug-likeness (QED) is 0.690. The maximum atomic E-state index is 11.7. The van der Waals surface area contributed by atoms with Gasteiger partial charge < -0.3 is 15.4 Å². The van der Waals surface area contributed by atoms with Crippen LogP contribution in [-0.4, -0.2) is 61.6 Å². The lowest BCUT2D eigenvalue weighted by Crippen LogP contribution is -2.46. The standard InChI is InChI=1S/C14H25N3O3/c1-2-17-7-3-5-11(17)9-15-13(18)14(19)16-10-12-6-4-8-20-12/h11-12H,2-10H2,1H3,(H,15,18)(H,16,19)/t11-,12-/m0/s1. The number of amides is 2. The third-order valence-electron chi connectivity index (χ3n) is 4.12. The Kier molecular flexibility index (Phi) is 5.79. The lowest BCUT2D eigenvalue weighted by atomic mass is 10.2. The largest absolute Gasteiger partial charge is 0.376 e. The molecule has 0 bridgehead atoms. The Morgan fingerprint density at radius 3 is 2.55 bits per heavy atom. The highest BCUT2D eigenvalue weighted by Crippen LogP contribution is 2.15. The number of nitrogens with one attached hydrogen (secondary N) is 2. The Hall–Kier alpha value is -1.14. The number of rotatable bonds is 5. The number of hydrogen-bond acceptors (Lipinski definition) is 4. The fourth-order valence-electron chi connectivity index (χ4n) is 2.93. The van der Waals surface area contributed by atoms with Crippen LogP contribution in [-0.2, 0) is 14.3 Å². The van der Waals surface area contributed by atoms with Crippen LogP contribution in [0.2, 0.25) is 0 Å². The smallest absolute Gasteiger partial charge is 0.309 e. The van der Waals surface area contributed by atoms with Crippen LogP contribution in [0, 0.1) is 0 Å². The average molecular weight is 283 g/mol. The summed E-state index contributed by atoms with van der Waals surface area (Å²) < 4.78 is 5.40. The van der Waals surface area contributed by atoms with E-state index in [2.05, 4.69) is 22.5 Å². The van der Waals surface area contributed by atoms with Crippen LogP contribution in [0.15, 0.2) is 0 Å². The molecule has 0 aliphatic carbocycles. The molecule has 20 heavy (non-hydrogen) atoms. The molecular formula is C14H25N3O3. The fraction of sp³-hybridized carbons (Fsp3) is 0.857. The first-order valence-corrected chi connectivity index (χ1v) is 7.62. The van der Waals surface area contributed by atoms with Crippen molar-refractivity contribution in [3.8, 4) is 0 Å². The number of carbonyl (C=O) groups excluding carboxylic acids is 2. The number of carbonyl (C=O) groups is 2. The molecule has 6 heteroatoms. The Bertz CT molecular complexity index is 343. The van der Waals surface area contributed by atoms with E-state index in [1.54, 1.807) is 0 Å². The third-order valence-corrected chi connectivity index (χ3v) is 4.12. The summed E-state index contributed by atoms with van der Waals surface area (Å²) in [6.45, 7) is 5.93. The van der Waals surface area contributed by atoms with Gasteiger partial charge in [-0.1, -0.05) is 6.92 Å². The number of likely N-dealkylation sites (N-methyl/N-ethyl adjacent to an activating group) is 1. The van der Waals surface area contributed by atoms with Gasteiger partial charge in [-0.15, -0.1) is 0 Å². The first-order valence-electron chi connectivity index (χ1n) is 7.62. The van der Waals surface area contributed by atoms with Crippen molar-refractivity contribution in [1.29, 1.82) is 0 Å². The topological polar surface area (TPSA) is 70.7 Å². The maximum Gasteiger partial charge on any atom is 0.309 e. The highest BCUT2D eigenvalue weighted by atomic mass is 16.5. The zero-order valence-corrected chi connectivity index (χ0v) is 12.2. The summed E-state index contributed by atoms with van der Waals surface area (Å²) in [4.78, 5) is 25.7. The Labute approximate surface area is 120 Å². The minimum absolute atomic E-state index is 0.0668. The number of ether oxygens (including phenoxy) is 1. The Morgan fingerprint density at radius 1 is 1.15 bits per heavy atom. The third kappa shape index (κ3) is 4.18. The summed E-state index contributed by atoms with van der Waals surface area (Å²) in [6.07, 6.45) is 4.30. The lowest BCUT2D eigenvalue weighted by Gasteiger charge is -2.22. The molecule has 2 rings (SSSR count). The van der Waals surface area contributed by atoms with Crippen molar-refractivity contribution >= 4 is 11.8 Å². The molecule has 6 nitrogen and oxygen atoms in total. The van der Waals surface area contributed by atoms with Crippen molar-refractivity contribution in [1.82, 2.24) is 15.5 Å². The summed E-state index contributed by atoms with van der Waals surface area (Å²) >= 11 is 0. The van der Waals surface area contributed by atoms with Crippen LogP contribution >= 0.6 is 0 Å². The van der Waals surface area contributed by atoms with E-state index in [0.29, 0.717) is 19.1 Å². The van der Waals surface area contributed by atoms with Crippen LogP contribution < -0.4 is 10.6 Å². The van der Waals surface area contributed by atoms with Crippen molar-refractivity contribution in [3.63, 3.8) is 0 Å². The predicted octanol–water partition coefficient (Wildman–Crippen LogP) is -0.118. The molecule has 2 N–H and O–H groups in total. The van der Waals surface area contributed by atoms with Crippen LogP contribution in [0.3, 0.4) is 0 Å². The van der Waals surface area contributed by atoms with Crippen LogP contribution in [0.25, 0.3) is 0 Å². The SMILES string of the molecule is CCN1CCC[C@H]1CNC(=O)C(=O)NC[C@@H]1CCCO1. The van der Waals surface area contributed by atoms with Gasteiger partial charge in [-0.05, 0) is 38.8 Å². The number of hydrogen-bond donors (Lipinski definition) is 2. The van der Waals surface area contributed by atoms with Crippen molar-refractivity contribution in [2.24, 2.45) is 0 Å². The fourth-order valence-corrected chi connectivity index (χ4v) is 2.93. The normalized spacial score (nSPS) is 26.6. The Balaban J connectivity index is 1.64. The van der Waals surface area contributed by atoms with Gasteiger partial charge in [-0.2, -0.15) is 0 Å². The van der Waals surface area contributed by atoms with Crippen molar-refractivity contribution in [2.45, 2.75) is 44.8 Å². The summed E-state index contributed by atoms with van der Waals surface area (Å²) in [5, 5.41) is 5.37. The average Bonchev–Trinajstić information content (AvgIpc) is 3.12. The summed E-state index contributed by atoms with van der Waals surface area (Å²) in [6, 6.07) is 0.370. The molecule has 2 aliphatic rings. The molecule has 0 radical (unpaired) electrons. The molecule has 2 amide bonds. The van der Waals surface area contributed by atoms with E-state index in [1.807, 2.05) is 0 Å². The minimum atomic E-state index is -0.554. The maximum absolute atomic E-state index is 11.7. The van der Waals surface area contributed by atoms with E-state index < -0.39 is 11.8 Å². The molecule has 0 aromatic heterocycles. The molecule has 0 aromatic rings. The van der Waals surface area contributed by atoms with Gasteiger partial charge in [0, 0.05) is 25.7 Å². The minimum Gasteiger partial charge on any atom is -0.376 e. The highest BCUT2D eigenvalue weighted by Gasteiger charge is 2.24. The monoisotopic (exact) mass is 283 g/mol. The zero-order valence-electron chi connectivity index (χ0n) is 12.2. The number of nitrogens with zero attached hydrogens (tertiary/aromatic N) is 1. The van der Waals surface area contributed by atoms with Gasteiger partial charge >= 0.3 is 11.8 Å². The molecular weight excluding hydrogens is 258 g/mol. The first-order chi connectivity index (χ1) is 9.70. The molecule has 0 unspecified atom stereocenters. The molecule has 0 aromatic carbocycles. The molecule has 2 heterocycles. The van der Waals surface area contributed by atoms with Crippen LogP contribution in [0.5, 0.6) is 0 Å².